The van der Waals surface area contributed by atoms with Crippen molar-refractivity contribution in [2.75, 3.05) is 26.2 Å². The highest BCUT2D eigenvalue weighted by Crippen LogP contribution is 2.34. The van der Waals surface area contributed by atoms with Gasteiger partial charge in [0.2, 0.25) is 0 Å². The topological polar surface area (TPSA) is 58.8 Å². The van der Waals surface area contributed by atoms with Crippen LogP contribution in [0.4, 0.5) is 0 Å². The Hall–Kier alpha value is -3.16. The number of aromatic nitrogens is 1. The number of nitrogens with zero attached hydrogens (tertiary/aromatic N) is 3. The lowest BCUT2D eigenvalue weighted by atomic mass is 10.0. The van der Waals surface area contributed by atoms with E-state index in [-0.39, 0.29) is 5.91 Å². The molecule has 162 valence electrons. The fourth-order valence-electron chi connectivity index (χ4n) is 4.87. The summed E-state index contributed by atoms with van der Waals surface area (Å²) >= 11 is 1.56. The molecule has 0 radical (unpaired) electrons. The Morgan fingerprint density at radius 2 is 1.81 bits per heavy atom. The number of hydrogen-bond acceptors (Lipinski definition) is 6. The number of rotatable bonds is 5. The molecule has 0 N–H and O–H groups in total. The molecule has 6 nitrogen and oxygen atoms in total. The van der Waals surface area contributed by atoms with E-state index in [1.54, 1.807) is 23.7 Å². The van der Waals surface area contributed by atoms with Crippen molar-refractivity contribution >= 4 is 27.5 Å². The molecular formula is C25H23N3O3S. The first-order chi connectivity index (χ1) is 15.7. The highest BCUT2D eigenvalue weighted by Gasteiger charge is 2.41. The summed E-state index contributed by atoms with van der Waals surface area (Å²) in [4.78, 5) is 21.6. The molecule has 2 atom stereocenters. The lowest BCUT2D eigenvalue weighted by Crippen LogP contribution is -2.32. The third-order valence-corrected chi connectivity index (χ3v) is 7.34. The summed E-state index contributed by atoms with van der Waals surface area (Å²) in [5.41, 5.74) is 2.89. The van der Waals surface area contributed by atoms with Gasteiger partial charge in [-0.2, -0.15) is 0 Å². The van der Waals surface area contributed by atoms with Gasteiger partial charge in [0.15, 0.2) is 0 Å². The van der Waals surface area contributed by atoms with Crippen LogP contribution in [0.2, 0.25) is 0 Å². The van der Waals surface area contributed by atoms with Crippen molar-refractivity contribution in [2.45, 2.75) is 6.54 Å². The normalized spacial score (nSPS) is 20.7. The fraction of sp³-hybridized carbons (Fsp3) is 0.280. The number of thiazole rings is 1. The first-order valence-electron chi connectivity index (χ1n) is 10.9. The largest absolute Gasteiger partial charge is 0.472 e. The van der Waals surface area contributed by atoms with Crippen LogP contribution in [0, 0.1) is 11.8 Å². The summed E-state index contributed by atoms with van der Waals surface area (Å²) in [6.07, 6.45) is 3.09. The van der Waals surface area contributed by atoms with Crippen LogP contribution in [0.1, 0.15) is 15.9 Å². The van der Waals surface area contributed by atoms with Gasteiger partial charge >= 0.3 is 0 Å². The number of hydrogen-bond donors (Lipinski definition) is 0. The van der Waals surface area contributed by atoms with Crippen LogP contribution in [0.3, 0.4) is 0 Å². The number of para-hydroxylation sites is 1. The standard InChI is InChI=1S/C25H23N3O3S/c29-24(18-9-10-30-16-18)28-14-19-12-27(13-20(19)15-28)11-17-5-7-21(8-6-17)31-25-26-22-3-1-2-4-23(22)32-25/h1-10,16,19-20H,11-15H2. The monoisotopic (exact) mass is 445 g/mol. The zero-order valence-electron chi connectivity index (χ0n) is 17.5. The minimum atomic E-state index is 0.0865. The van der Waals surface area contributed by atoms with E-state index in [9.17, 15) is 4.79 Å². The number of ether oxygens (including phenoxy) is 1. The molecule has 2 aliphatic rings. The molecule has 32 heavy (non-hydrogen) atoms. The van der Waals surface area contributed by atoms with Crippen LogP contribution in [-0.2, 0) is 6.54 Å². The number of carbonyl (C=O) groups excluding carboxylic acids is 1. The van der Waals surface area contributed by atoms with E-state index >= 15 is 0 Å². The van der Waals surface area contributed by atoms with Crippen LogP contribution in [0.5, 0.6) is 10.9 Å². The van der Waals surface area contributed by atoms with Crippen LogP contribution >= 0.6 is 11.3 Å². The number of amides is 1. The van der Waals surface area contributed by atoms with Gasteiger partial charge in [-0.05, 0) is 47.7 Å². The summed E-state index contributed by atoms with van der Waals surface area (Å²) in [5.74, 6) is 1.99. The minimum absolute atomic E-state index is 0.0865. The Balaban J connectivity index is 1.04. The maximum absolute atomic E-state index is 12.6. The second-order valence-electron chi connectivity index (χ2n) is 8.63. The van der Waals surface area contributed by atoms with Crippen LogP contribution < -0.4 is 4.74 Å². The average Bonchev–Trinajstić information content (AvgIpc) is 3.58. The summed E-state index contributed by atoms with van der Waals surface area (Å²) in [6, 6.07) is 18.1. The van der Waals surface area contributed by atoms with Gasteiger partial charge in [-0.25, -0.2) is 4.98 Å². The Bertz CT molecular complexity index is 1190. The van der Waals surface area contributed by atoms with Gasteiger partial charge in [-0.15, -0.1) is 0 Å². The molecule has 1 amide bonds. The number of fused-ring (bicyclic) bond motifs is 2. The number of furan rings is 1. The third kappa shape index (κ3) is 3.78. The lowest BCUT2D eigenvalue weighted by molar-refractivity contribution is 0.0772. The van der Waals surface area contributed by atoms with Gasteiger partial charge in [-0.1, -0.05) is 35.6 Å². The summed E-state index contributed by atoms with van der Waals surface area (Å²) in [6.45, 7) is 4.65. The van der Waals surface area contributed by atoms with Gasteiger partial charge < -0.3 is 14.1 Å². The minimum Gasteiger partial charge on any atom is -0.472 e. The molecule has 0 saturated carbocycles. The molecule has 6 rings (SSSR count). The second-order valence-corrected chi connectivity index (χ2v) is 9.62. The van der Waals surface area contributed by atoms with Gasteiger partial charge in [-0.3, -0.25) is 9.69 Å². The predicted octanol–water partition coefficient (Wildman–Crippen LogP) is 4.89. The Kier molecular flexibility index (Phi) is 4.92. The molecule has 4 aromatic rings. The summed E-state index contributed by atoms with van der Waals surface area (Å²) in [5, 5.41) is 0.667. The number of carbonyl (C=O) groups is 1. The molecule has 2 aromatic heterocycles. The SMILES string of the molecule is O=C(c1ccoc1)N1CC2CN(Cc3ccc(Oc4nc5ccccc5s4)cc3)CC2C1. The van der Waals surface area contributed by atoms with Crippen molar-refractivity contribution in [3.8, 4) is 10.9 Å². The highest BCUT2D eigenvalue weighted by molar-refractivity contribution is 7.20. The van der Waals surface area contributed by atoms with E-state index in [1.165, 1.54) is 11.8 Å². The lowest BCUT2D eigenvalue weighted by Gasteiger charge is -2.21. The quantitative estimate of drug-likeness (QED) is 0.438. The van der Waals surface area contributed by atoms with Crippen LogP contribution in [0.25, 0.3) is 10.2 Å². The Morgan fingerprint density at radius 3 is 2.53 bits per heavy atom. The zero-order valence-corrected chi connectivity index (χ0v) is 18.3. The highest BCUT2D eigenvalue weighted by atomic mass is 32.1. The molecule has 2 saturated heterocycles. The van der Waals surface area contributed by atoms with Gasteiger partial charge in [0.05, 0.1) is 22.0 Å². The predicted molar refractivity (Wildman–Crippen MR) is 123 cm³/mol. The van der Waals surface area contributed by atoms with Crippen molar-refractivity contribution in [3.63, 3.8) is 0 Å². The first-order valence-corrected chi connectivity index (χ1v) is 11.7. The fourth-order valence-corrected chi connectivity index (χ4v) is 5.71. The second kappa shape index (κ2) is 8.07. The van der Waals surface area contributed by atoms with E-state index in [0.29, 0.717) is 22.6 Å². The van der Waals surface area contributed by atoms with Crippen molar-refractivity contribution in [3.05, 3.63) is 78.3 Å². The molecule has 2 fully saturated rings. The smallest absolute Gasteiger partial charge is 0.279 e. The Labute approximate surface area is 190 Å². The Morgan fingerprint density at radius 1 is 1.03 bits per heavy atom. The van der Waals surface area contributed by atoms with Crippen molar-refractivity contribution in [1.82, 2.24) is 14.8 Å². The van der Waals surface area contributed by atoms with E-state index in [0.717, 1.165) is 48.7 Å². The van der Waals surface area contributed by atoms with Gasteiger partial charge in [0.1, 0.15) is 12.0 Å². The van der Waals surface area contributed by atoms with E-state index in [1.807, 2.05) is 35.2 Å². The first kappa shape index (κ1) is 19.5. The molecule has 7 heteroatoms. The third-order valence-electron chi connectivity index (χ3n) is 6.43. The van der Waals surface area contributed by atoms with Crippen LogP contribution in [-0.4, -0.2) is 46.9 Å². The maximum atomic E-state index is 12.6. The van der Waals surface area contributed by atoms with E-state index in [4.69, 9.17) is 9.15 Å². The molecule has 4 heterocycles. The molecule has 2 aromatic carbocycles. The molecule has 0 aliphatic carbocycles. The molecule has 0 bridgehead atoms. The number of benzene rings is 2. The van der Waals surface area contributed by atoms with Crippen molar-refractivity contribution in [1.29, 1.82) is 0 Å². The average molecular weight is 446 g/mol. The molecular weight excluding hydrogens is 422 g/mol. The molecule has 2 unspecified atom stereocenters. The maximum Gasteiger partial charge on any atom is 0.279 e. The van der Waals surface area contributed by atoms with Gasteiger partial charge in [0.25, 0.3) is 11.1 Å². The van der Waals surface area contributed by atoms with Crippen molar-refractivity contribution in [2.24, 2.45) is 11.8 Å². The van der Waals surface area contributed by atoms with E-state index < -0.39 is 0 Å². The number of likely N-dealkylation sites (tertiary alicyclic amines) is 2. The molecule has 0 spiro atoms. The molecule has 2 aliphatic heterocycles. The summed E-state index contributed by atoms with van der Waals surface area (Å²) < 4.78 is 12.2. The van der Waals surface area contributed by atoms with Crippen molar-refractivity contribution < 1.29 is 13.9 Å². The van der Waals surface area contributed by atoms with Crippen LogP contribution in [0.15, 0.2) is 71.5 Å². The van der Waals surface area contributed by atoms with Gasteiger partial charge in [0, 0.05) is 32.7 Å². The summed E-state index contributed by atoms with van der Waals surface area (Å²) in [7, 11) is 0. The zero-order chi connectivity index (χ0) is 21.5. The van der Waals surface area contributed by atoms with E-state index in [2.05, 4.69) is 28.1 Å².